The maximum atomic E-state index is 12.1. The van der Waals surface area contributed by atoms with Gasteiger partial charge in [-0.2, -0.15) is 0 Å². The van der Waals surface area contributed by atoms with Crippen molar-refractivity contribution >= 4 is 11.9 Å². The van der Waals surface area contributed by atoms with E-state index in [2.05, 4.69) is 26.8 Å². The second-order valence-electron chi connectivity index (χ2n) is 7.55. The normalized spacial score (nSPS) is 20.0. The Morgan fingerprint density at radius 1 is 1.15 bits per heavy atom. The van der Waals surface area contributed by atoms with E-state index in [0.29, 0.717) is 6.42 Å². The van der Waals surface area contributed by atoms with Crippen LogP contribution < -0.4 is 0 Å². The van der Waals surface area contributed by atoms with Gasteiger partial charge in [0, 0.05) is 6.42 Å². The number of carbonyl (C=O) groups excluding carboxylic acids is 2. The van der Waals surface area contributed by atoms with Crippen LogP contribution in [0.4, 0.5) is 0 Å². The van der Waals surface area contributed by atoms with Gasteiger partial charge >= 0.3 is 11.9 Å². The molecule has 1 saturated heterocycles. The molecule has 0 saturated carbocycles. The molecule has 0 radical (unpaired) electrons. The molecular weight excluding hydrogens is 328 g/mol. The van der Waals surface area contributed by atoms with Crippen molar-refractivity contribution in [2.75, 3.05) is 6.61 Å². The van der Waals surface area contributed by atoms with Crippen LogP contribution in [0.15, 0.2) is 23.3 Å². The Hall–Kier alpha value is -1.58. The molecule has 0 bridgehead atoms. The van der Waals surface area contributed by atoms with Gasteiger partial charge in [-0.25, -0.2) is 0 Å². The average Bonchev–Trinajstić information content (AvgIpc) is 2.95. The number of rotatable bonds is 12. The lowest BCUT2D eigenvalue weighted by molar-refractivity contribution is -0.155. The smallest absolute Gasteiger partial charge is 0.320 e. The van der Waals surface area contributed by atoms with Gasteiger partial charge in [-0.1, -0.05) is 49.8 Å². The van der Waals surface area contributed by atoms with Crippen molar-refractivity contribution in [1.82, 2.24) is 0 Å². The molecule has 148 valence electrons. The fourth-order valence-electron chi connectivity index (χ4n) is 3.06. The van der Waals surface area contributed by atoms with Gasteiger partial charge in [0.05, 0.1) is 0 Å². The number of hydrogen-bond acceptors (Lipinski definition) is 4. The van der Waals surface area contributed by atoms with Crippen molar-refractivity contribution in [3.8, 4) is 0 Å². The first kappa shape index (κ1) is 22.5. The Kier molecular flexibility index (Phi) is 11.0. The third-order valence-corrected chi connectivity index (χ3v) is 4.73. The van der Waals surface area contributed by atoms with E-state index in [-0.39, 0.29) is 12.7 Å². The molecule has 0 N–H and O–H groups in total. The summed E-state index contributed by atoms with van der Waals surface area (Å²) in [5, 5.41) is 0. The predicted molar refractivity (Wildman–Crippen MR) is 105 cm³/mol. The maximum Gasteiger partial charge on any atom is 0.320 e. The molecule has 0 aromatic rings. The van der Waals surface area contributed by atoms with Crippen molar-refractivity contribution in [1.29, 1.82) is 0 Å². The summed E-state index contributed by atoms with van der Waals surface area (Å²) in [5.41, 5.74) is 2.50. The van der Waals surface area contributed by atoms with E-state index >= 15 is 0 Å². The second-order valence-corrected chi connectivity index (χ2v) is 7.55. The summed E-state index contributed by atoms with van der Waals surface area (Å²) in [7, 11) is 0. The summed E-state index contributed by atoms with van der Waals surface area (Å²) in [6, 6.07) is 0. The van der Waals surface area contributed by atoms with Crippen LogP contribution in [0.25, 0.3) is 0 Å². The number of cyclic esters (lactones) is 1. The third kappa shape index (κ3) is 9.21. The van der Waals surface area contributed by atoms with Crippen LogP contribution >= 0.6 is 0 Å². The lowest BCUT2D eigenvalue weighted by Gasteiger charge is -2.08. The summed E-state index contributed by atoms with van der Waals surface area (Å²) in [6.07, 6.45) is 13.2. The van der Waals surface area contributed by atoms with E-state index in [1.807, 2.05) is 13.0 Å². The molecular formula is C22H36O4. The summed E-state index contributed by atoms with van der Waals surface area (Å²) in [5.74, 6) is -1.61. The monoisotopic (exact) mass is 364 g/mol. The number of hydrogen-bond donors (Lipinski definition) is 0. The van der Waals surface area contributed by atoms with Gasteiger partial charge in [0.1, 0.15) is 12.7 Å². The molecule has 0 spiro atoms. The van der Waals surface area contributed by atoms with Crippen LogP contribution in [0.3, 0.4) is 0 Å². The maximum absolute atomic E-state index is 12.1. The van der Waals surface area contributed by atoms with E-state index in [1.165, 1.54) is 30.4 Å². The number of allylic oxidation sites excluding steroid dienone is 3. The van der Waals surface area contributed by atoms with Gasteiger partial charge in [-0.05, 0) is 52.5 Å². The highest BCUT2D eigenvalue weighted by molar-refractivity contribution is 5.96. The third-order valence-electron chi connectivity index (χ3n) is 4.73. The molecule has 2 unspecified atom stereocenters. The number of carbonyl (C=O) groups is 2. The quantitative estimate of drug-likeness (QED) is 0.198. The topological polar surface area (TPSA) is 52.6 Å². The minimum atomic E-state index is -0.741. The zero-order valence-electron chi connectivity index (χ0n) is 17.0. The Morgan fingerprint density at radius 3 is 2.58 bits per heavy atom. The van der Waals surface area contributed by atoms with Gasteiger partial charge in [0.15, 0.2) is 5.92 Å². The minimum Gasteiger partial charge on any atom is -0.462 e. The highest BCUT2D eigenvalue weighted by Crippen LogP contribution is 2.26. The van der Waals surface area contributed by atoms with Crippen molar-refractivity contribution in [2.45, 2.75) is 91.6 Å². The van der Waals surface area contributed by atoms with Crippen LogP contribution in [0, 0.1) is 5.92 Å². The summed E-state index contributed by atoms with van der Waals surface area (Å²) in [4.78, 5) is 24.1. The molecule has 0 amide bonds. The molecule has 26 heavy (non-hydrogen) atoms. The lowest BCUT2D eigenvalue weighted by Crippen LogP contribution is -2.22. The first-order chi connectivity index (χ1) is 12.4. The number of ether oxygens (including phenoxy) is 2. The predicted octanol–water partition coefficient (Wildman–Crippen LogP) is 5.51. The van der Waals surface area contributed by atoms with E-state index in [4.69, 9.17) is 9.47 Å². The van der Waals surface area contributed by atoms with Gasteiger partial charge < -0.3 is 9.47 Å². The van der Waals surface area contributed by atoms with Crippen molar-refractivity contribution in [2.24, 2.45) is 5.92 Å². The first-order valence-corrected chi connectivity index (χ1v) is 10.1. The zero-order valence-corrected chi connectivity index (χ0v) is 17.0. The first-order valence-electron chi connectivity index (χ1n) is 10.1. The van der Waals surface area contributed by atoms with Gasteiger partial charge in [0.25, 0.3) is 0 Å². The molecule has 0 aromatic heterocycles. The van der Waals surface area contributed by atoms with Crippen LogP contribution in [-0.4, -0.2) is 24.6 Å². The standard InChI is InChI=1S/C22H36O4/c1-5-6-7-8-9-13-19-16-20(22(24)26-19)21(23)25-15-14-18(4)12-10-11-17(2)3/h11,14,19-20H,5-10,12-13,15-16H2,1-4H3/b18-14+. The fourth-order valence-corrected chi connectivity index (χ4v) is 3.06. The molecule has 1 rings (SSSR count). The minimum absolute atomic E-state index is 0.122. The molecule has 4 nitrogen and oxygen atoms in total. The second kappa shape index (κ2) is 12.7. The van der Waals surface area contributed by atoms with Crippen LogP contribution in [-0.2, 0) is 19.1 Å². The largest absolute Gasteiger partial charge is 0.462 e. The SMILES string of the molecule is CCCCCCCC1CC(C(=O)OC/C=C(\C)CCC=C(C)C)C(=O)O1. The molecule has 4 heteroatoms. The molecule has 1 heterocycles. The van der Waals surface area contributed by atoms with E-state index in [0.717, 1.165) is 32.1 Å². The van der Waals surface area contributed by atoms with Crippen molar-refractivity contribution < 1.29 is 19.1 Å². The summed E-state index contributed by atoms with van der Waals surface area (Å²) < 4.78 is 10.6. The Balaban J connectivity index is 2.27. The van der Waals surface area contributed by atoms with Crippen LogP contribution in [0.5, 0.6) is 0 Å². The summed E-state index contributed by atoms with van der Waals surface area (Å²) >= 11 is 0. The highest BCUT2D eigenvalue weighted by Gasteiger charge is 2.40. The molecule has 1 aliphatic rings. The summed E-state index contributed by atoms with van der Waals surface area (Å²) in [6.45, 7) is 8.62. The Morgan fingerprint density at radius 2 is 1.88 bits per heavy atom. The lowest BCUT2D eigenvalue weighted by atomic mass is 10.0. The molecule has 1 fully saturated rings. The molecule has 1 aliphatic heterocycles. The number of unbranched alkanes of at least 4 members (excludes halogenated alkanes) is 4. The Bertz CT molecular complexity index is 500. The van der Waals surface area contributed by atoms with Crippen molar-refractivity contribution in [3.63, 3.8) is 0 Å². The van der Waals surface area contributed by atoms with Crippen molar-refractivity contribution in [3.05, 3.63) is 23.3 Å². The van der Waals surface area contributed by atoms with Gasteiger partial charge in [-0.15, -0.1) is 0 Å². The zero-order chi connectivity index (χ0) is 19.4. The molecule has 2 atom stereocenters. The highest BCUT2D eigenvalue weighted by atomic mass is 16.6. The number of esters is 2. The van der Waals surface area contributed by atoms with Gasteiger partial charge in [0.2, 0.25) is 0 Å². The van der Waals surface area contributed by atoms with E-state index < -0.39 is 17.9 Å². The Labute approximate surface area is 159 Å². The van der Waals surface area contributed by atoms with E-state index in [9.17, 15) is 9.59 Å². The van der Waals surface area contributed by atoms with Gasteiger partial charge in [-0.3, -0.25) is 9.59 Å². The average molecular weight is 365 g/mol. The molecule has 0 aliphatic carbocycles. The van der Waals surface area contributed by atoms with E-state index in [1.54, 1.807) is 0 Å². The van der Waals surface area contributed by atoms with Crippen LogP contribution in [0.2, 0.25) is 0 Å². The molecule has 0 aromatic carbocycles. The van der Waals surface area contributed by atoms with Crippen LogP contribution in [0.1, 0.15) is 85.5 Å². The fraction of sp³-hybridized carbons (Fsp3) is 0.727.